The van der Waals surface area contributed by atoms with Crippen molar-refractivity contribution in [2.75, 3.05) is 19.6 Å². The second-order valence-electron chi connectivity index (χ2n) is 5.20. The molecule has 1 aromatic rings. The van der Waals surface area contributed by atoms with Crippen molar-refractivity contribution in [3.63, 3.8) is 0 Å². The maximum atomic E-state index is 12.1. The van der Waals surface area contributed by atoms with E-state index >= 15 is 0 Å². The van der Waals surface area contributed by atoms with Crippen molar-refractivity contribution in [2.24, 2.45) is 5.73 Å². The van der Waals surface area contributed by atoms with E-state index in [0.717, 1.165) is 18.5 Å². The average Bonchev–Trinajstić information content (AvgIpc) is 2.86. The van der Waals surface area contributed by atoms with Crippen LogP contribution in [0.3, 0.4) is 0 Å². The Bertz CT molecular complexity index is 566. The van der Waals surface area contributed by atoms with Crippen LogP contribution in [0.4, 0.5) is 4.79 Å². The Labute approximate surface area is 132 Å². The predicted molar refractivity (Wildman–Crippen MR) is 81.5 cm³/mol. The van der Waals surface area contributed by atoms with Crippen molar-refractivity contribution in [1.29, 1.82) is 0 Å². The molecule has 1 saturated heterocycles. The molecule has 0 radical (unpaired) electrons. The number of nitrogens with one attached hydrogen (secondary N) is 2. The number of hydrogen-bond donors (Lipinski definition) is 3. The van der Waals surface area contributed by atoms with Crippen LogP contribution in [0.15, 0.2) is 5.51 Å². The van der Waals surface area contributed by atoms with E-state index in [1.807, 2.05) is 17.1 Å². The first-order valence-electron chi connectivity index (χ1n) is 6.98. The van der Waals surface area contributed by atoms with Gasteiger partial charge in [-0.05, 0) is 19.8 Å². The predicted octanol–water partition coefficient (Wildman–Crippen LogP) is -0.159. The Kier molecular flexibility index (Phi) is 5.45. The molecule has 120 valence electrons. The number of nitrogens with zero attached hydrogens (tertiary/aromatic N) is 2. The van der Waals surface area contributed by atoms with Crippen molar-refractivity contribution in [1.82, 2.24) is 20.5 Å². The third-order valence-corrected chi connectivity index (χ3v) is 4.43. The highest BCUT2D eigenvalue weighted by molar-refractivity contribution is 7.11. The number of carbonyl (C=O) groups is 3. The monoisotopic (exact) mass is 325 g/mol. The number of rotatable bonds is 4. The van der Waals surface area contributed by atoms with Crippen molar-refractivity contribution in [2.45, 2.75) is 25.8 Å². The summed E-state index contributed by atoms with van der Waals surface area (Å²) >= 11 is 1.33. The van der Waals surface area contributed by atoms with Gasteiger partial charge in [0.25, 0.3) is 5.91 Å². The highest BCUT2D eigenvalue weighted by atomic mass is 32.1. The summed E-state index contributed by atoms with van der Waals surface area (Å²) in [7, 11) is 0. The van der Waals surface area contributed by atoms with Crippen LogP contribution in [0.1, 0.15) is 28.2 Å². The van der Waals surface area contributed by atoms with Gasteiger partial charge < -0.3 is 11.1 Å². The minimum Gasteiger partial charge on any atom is -0.351 e. The van der Waals surface area contributed by atoms with Crippen LogP contribution in [0.2, 0.25) is 0 Å². The van der Waals surface area contributed by atoms with Gasteiger partial charge in [-0.25, -0.2) is 9.78 Å². The molecule has 0 atom stereocenters. The maximum absolute atomic E-state index is 12.1. The third-order valence-electron chi connectivity index (χ3n) is 3.50. The molecule has 1 aliphatic heterocycles. The van der Waals surface area contributed by atoms with Crippen LogP contribution in [-0.2, 0) is 4.79 Å². The third kappa shape index (κ3) is 4.50. The van der Waals surface area contributed by atoms with Gasteiger partial charge in [-0.3, -0.25) is 19.8 Å². The number of piperidine rings is 1. The van der Waals surface area contributed by atoms with Crippen LogP contribution >= 0.6 is 11.3 Å². The first-order chi connectivity index (χ1) is 10.5. The van der Waals surface area contributed by atoms with E-state index in [1.54, 1.807) is 5.51 Å². The van der Waals surface area contributed by atoms with Gasteiger partial charge >= 0.3 is 6.03 Å². The normalized spacial score (nSPS) is 16.2. The summed E-state index contributed by atoms with van der Waals surface area (Å²) in [5.74, 6) is -0.500. The molecular formula is C13H19N5O3S. The van der Waals surface area contributed by atoms with Gasteiger partial charge in [-0.1, -0.05) is 0 Å². The van der Waals surface area contributed by atoms with Crippen LogP contribution in [0.25, 0.3) is 0 Å². The van der Waals surface area contributed by atoms with E-state index in [1.165, 1.54) is 11.3 Å². The van der Waals surface area contributed by atoms with Crippen LogP contribution < -0.4 is 16.4 Å². The number of aryl methyl sites for hydroxylation is 1. The summed E-state index contributed by atoms with van der Waals surface area (Å²) < 4.78 is 0. The van der Waals surface area contributed by atoms with Crippen molar-refractivity contribution < 1.29 is 14.4 Å². The second kappa shape index (κ2) is 7.32. The van der Waals surface area contributed by atoms with Gasteiger partial charge in [0.1, 0.15) is 4.88 Å². The molecule has 0 bridgehead atoms. The minimum absolute atomic E-state index is 0.0875. The molecule has 0 aliphatic carbocycles. The van der Waals surface area contributed by atoms with Gasteiger partial charge in [0, 0.05) is 19.1 Å². The summed E-state index contributed by atoms with van der Waals surface area (Å²) in [6.45, 7) is 3.31. The SMILES string of the molecule is Cc1ncsc1C(=O)NC1CCN(CC(=O)NC(N)=O)CC1. The molecule has 0 saturated carbocycles. The minimum atomic E-state index is -0.841. The smallest absolute Gasteiger partial charge is 0.318 e. The lowest BCUT2D eigenvalue weighted by molar-refractivity contribution is -0.121. The molecule has 1 aliphatic rings. The summed E-state index contributed by atoms with van der Waals surface area (Å²) in [6.07, 6.45) is 1.51. The van der Waals surface area contributed by atoms with E-state index in [4.69, 9.17) is 5.73 Å². The van der Waals surface area contributed by atoms with Crippen molar-refractivity contribution in [3.05, 3.63) is 16.1 Å². The Morgan fingerprint density at radius 1 is 1.41 bits per heavy atom. The number of primary amides is 1. The molecule has 9 heteroatoms. The quantitative estimate of drug-likeness (QED) is 0.711. The molecule has 2 rings (SSSR count). The summed E-state index contributed by atoms with van der Waals surface area (Å²) in [4.78, 5) is 40.8. The van der Waals surface area contributed by atoms with E-state index in [0.29, 0.717) is 18.0 Å². The zero-order valence-corrected chi connectivity index (χ0v) is 13.1. The Hall–Kier alpha value is -2.00. The molecule has 1 fully saturated rings. The van der Waals surface area contributed by atoms with Crippen molar-refractivity contribution in [3.8, 4) is 0 Å². The number of aromatic nitrogens is 1. The standard InChI is InChI=1S/C13H19N5O3S/c1-8-11(22-7-15-8)12(20)16-9-2-4-18(5-3-9)6-10(19)17-13(14)21/h7,9H,2-6H2,1H3,(H,16,20)(H3,14,17,19,21). The van der Waals surface area contributed by atoms with Crippen LogP contribution in [-0.4, -0.2) is 53.4 Å². The number of amides is 4. The molecule has 4 amide bonds. The average molecular weight is 325 g/mol. The molecule has 0 spiro atoms. The number of nitrogens with two attached hydrogens (primary N) is 1. The van der Waals surface area contributed by atoms with E-state index < -0.39 is 11.9 Å². The first-order valence-corrected chi connectivity index (χ1v) is 7.86. The second-order valence-corrected chi connectivity index (χ2v) is 6.06. The molecule has 22 heavy (non-hydrogen) atoms. The summed E-state index contributed by atoms with van der Waals surface area (Å²) in [5, 5.41) is 5.04. The number of urea groups is 1. The molecule has 2 heterocycles. The van der Waals surface area contributed by atoms with Crippen LogP contribution in [0, 0.1) is 6.92 Å². The van der Waals surface area contributed by atoms with Gasteiger partial charge in [-0.2, -0.15) is 0 Å². The highest BCUT2D eigenvalue weighted by Gasteiger charge is 2.23. The summed E-state index contributed by atoms with van der Waals surface area (Å²) in [6, 6.07) is -0.753. The van der Waals surface area contributed by atoms with Gasteiger partial charge in [-0.15, -0.1) is 11.3 Å². The number of likely N-dealkylation sites (tertiary alicyclic amines) is 1. The molecule has 4 N–H and O–H groups in total. The highest BCUT2D eigenvalue weighted by Crippen LogP contribution is 2.15. The zero-order valence-electron chi connectivity index (χ0n) is 12.3. The Morgan fingerprint density at radius 3 is 2.64 bits per heavy atom. The number of imide groups is 1. The fraction of sp³-hybridized carbons (Fsp3) is 0.538. The number of hydrogen-bond acceptors (Lipinski definition) is 6. The van der Waals surface area contributed by atoms with Gasteiger partial charge in [0.05, 0.1) is 17.7 Å². The van der Waals surface area contributed by atoms with Gasteiger partial charge in [0.2, 0.25) is 5.91 Å². The lowest BCUT2D eigenvalue weighted by Crippen LogP contribution is -2.48. The van der Waals surface area contributed by atoms with E-state index in [-0.39, 0.29) is 18.5 Å². The molecule has 0 aromatic carbocycles. The lowest BCUT2D eigenvalue weighted by Gasteiger charge is -2.31. The summed E-state index contributed by atoms with van der Waals surface area (Å²) in [5.41, 5.74) is 7.29. The van der Waals surface area contributed by atoms with E-state index in [2.05, 4.69) is 10.3 Å². The number of thiazole rings is 1. The fourth-order valence-electron chi connectivity index (χ4n) is 2.39. The Morgan fingerprint density at radius 2 is 2.09 bits per heavy atom. The van der Waals surface area contributed by atoms with Crippen LogP contribution in [0.5, 0.6) is 0 Å². The van der Waals surface area contributed by atoms with Gasteiger partial charge in [0.15, 0.2) is 0 Å². The molecule has 8 nitrogen and oxygen atoms in total. The lowest BCUT2D eigenvalue weighted by atomic mass is 10.0. The number of carbonyl (C=O) groups excluding carboxylic acids is 3. The topological polar surface area (TPSA) is 117 Å². The molecule has 1 aromatic heterocycles. The largest absolute Gasteiger partial charge is 0.351 e. The van der Waals surface area contributed by atoms with E-state index in [9.17, 15) is 14.4 Å². The zero-order chi connectivity index (χ0) is 16.1. The van der Waals surface area contributed by atoms with Crippen molar-refractivity contribution >= 4 is 29.2 Å². The fourth-order valence-corrected chi connectivity index (χ4v) is 3.09. The Balaban J connectivity index is 1.75. The first kappa shape index (κ1) is 16.4. The maximum Gasteiger partial charge on any atom is 0.318 e. The molecule has 0 unspecified atom stereocenters. The molecular weight excluding hydrogens is 306 g/mol.